The lowest BCUT2D eigenvalue weighted by molar-refractivity contribution is 0.276. The van der Waals surface area contributed by atoms with Gasteiger partial charge in [-0.1, -0.05) is 0 Å². The zero-order valence-electron chi connectivity index (χ0n) is 11.2. The molecule has 2 N–H and O–H groups in total. The second kappa shape index (κ2) is 5.37. The van der Waals surface area contributed by atoms with Gasteiger partial charge in [-0.2, -0.15) is 0 Å². The van der Waals surface area contributed by atoms with E-state index in [2.05, 4.69) is 16.9 Å². The maximum Gasteiger partial charge on any atom is 0.122 e. The average Bonchev–Trinajstić information content (AvgIpc) is 2.86. The van der Waals surface area contributed by atoms with Gasteiger partial charge in [0.1, 0.15) is 17.3 Å². The zero-order valence-corrected chi connectivity index (χ0v) is 11.2. The summed E-state index contributed by atoms with van der Waals surface area (Å²) in [6.45, 7) is 4.03. The molecule has 0 amide bonds. The molecule has 0 aromatic carbocycles. The third-order valence-electron chi connectivity index (χ3n) is 3.05. The Bertz CT molecular complexity index is 515. The van der Waals surface area contributed by atoms with Gasteiger partial charge in [-0.15, -0.1) is 0 Å². The van der Waals surface area contributed by atoms with Crippen molar-refractivity contribution >= 4 is 0 Å². The van der Waals surface area contributed by atoms with Crippen LogP contribution in [0.1, 0.15) is 22.9 Å². The van der Waals surface area contributed by atoms with Gasteiger partial charge in [-0.3, -0.25) is 4.90 Å². The van der Waals surface area contributed by atoms with Crippen molar-refractivity contribution in [3.63, 3.8) is 0 Å². The van der Waals surface area contributed by atoms with Gasteiger partial charge in [-0.05, 0) is 20.0 Å². The average molecular weight is 248 g/mol. The topological polar surface area (TPSA) is 60.2 Å². The Kier molecular flexibility index (Phi) is 3.84. The molecule has 0 saturated carbocycles. The number of hydrogen-bond acceptors (Lipinski definition) is 4. The summed E-state index contributed by atoms with van der Waals surface area (Å²) in [7, 11) is 4.05. The largest absolute Gasteiger partial charge is 0.465 e. The molecule has 5 heteroatoms. The normalized spacial score (nSPS) is 11.4. The van der Waals surface area contributed by atoms with Crippen LogP contribution < -0.4 is 5.73 Å². The third-order valence-corrected chi connectivity index (χ3v) is 3.05. The molecule has 0 unspecified atom stereocenters. The number of aromatic nitrogens is 2. The number of furan rings is 1. The fourth-order valence-corrected chi connectivity index (χ4v) is 1.98. The summed E-state index contributed by atoms with van der Waals surface area (Å²) >= 11 is 0. The van der Waals surface area contributed by atoms with Crippen molar-refractivity contribution in [2.24, 2.45) is 12.8 Å². The van der Waals surface area contributed by atoms with E-state index in [1.807, 2.05) is 37.0 Å². The van der Waals surface area contributed by atoms with Gasteiger partial charge >= 0.3 is 0 Å². The van der Waals surface area contributed by atoms with Gasteiger partial charge in [0.25, 0.3) is 0 Å². The van der Waals surface area contributed by atoms with Crippen molar-refractivity contribution in [1.29, 1.82) is 0 Å². The Morgan fingerprint density at radius 1 is 1.44 bits per heavy atom. The van der Waals surface area contributed by atoms with Crippen molar-refractivity contribution in [2.45, 2.75) is 26.6 Å². The highest BCUT2D eigenvalue weighted by Crippen LogP contribution is 2.16. The van der Waals surface area contributed by atoms with E-state index in [1.54, 1.807) is 0 Å². The van der Waals surface area contributed by atoms with Crippen molar-refractivity contribution in [2.75, 3.05) is 7.05 Å². The first-order valence-electron chi connectivity index (χ1n) is 6.03. The Morgan fingerprint density at radius 3 is 2.78 bits per heavy atom. The van der Waals surface area contributed by atoms with Crippen molar-refractivity contribution in [3.05, 3.63) is 41.4 Å². The maximum atomic E-state index is 5.68. The van der Waals surface area contributed by atoms with Crippen LogP contribution in [0, 0.1) is 6.92 Å². The number of nitrogens with zero attached hydrogens (tertiary/aromatic N) is 3. The first-order chi connectivity index (χ1) is 8.60. The number of aryl methyl sites for hydroxylation is 2. The van der Waals surface area contributed by atoms with Gasteiger partial charge in [0.15, 0.2) is 0 Å². The number of imidazole rings is 1. The predicted octanol–water partition coefficient (Wildman–Crippen LogP) is 1.41. The molecule has 0 saturated heterocycles. The third kappa shape index (κ3) is 2.80. The molecule has 0 spiro atoms. The van der Waals surface area contributed by atoms with E-state index in [4.69, 9.17) is 10.2 Å². The first-order valence-corrected chi connectivity index (χ1v) is 6.03. The minimum absolute atomic E-state index is 0.526. The molecule has 0 radical (unpaired) electrons. The quantitative estimate of drug-likeness (QED) is 0.869. The summed E-state index contributed by atoms with van der Waals surface area (Å²) in [6, 6.07) is 2.03. The fraction of sp³-hybridized carbons (Fsp3) is 0.462. The molecule has 5 nitrogen and oxygen atoms in total. The fourth-order valence-electron chi connectivity index (χ4n) is 1.98. The van der Waals surface area contributed by atoms with Crippen LogP contribution in [0.25, 0.3) is 0 Å². The molecular formula is C13H20N4O. The number of nitrogens with two attached hydrogens (primary N) is 1. The van der Waals surface area contributed by atoms with E-state index < -0.39 is 0 Å². The molecule has 2 aromatic heterocycles. The predicted molar refractivity (Wildman–Crippen MR) is 69.7 cm³/mol. The Hall–Kier alpha value is -1.59. The molecule has 18 heavy (non-hydrogen) atoms. The SMILES string of the molecule is Cc1oc(CN(C)Cc2nccn2C)cc1CN. The molecule has 98 valence electrons. The molecule has 2 heterocycles. The van der Waals surface area contributed by atoms with Crippen molar-refractivity contribution < 1.29 is 4.42 Å². The highest BCUT2D eigenvalue weighted by Gasteiger charge is 2.10. The molecule has 0 fully saturated rings. The van der Waals surface area contributed by atoms with E-state index in [0.717, 1.165) is 36.0 Å². The van der Waals surface area contributed by atoms with Gasteiger partial charge < -0.3 is 14.7 Å². The molecular weight excluding hydrogens is 228 g/mol. The van der Waals surface area contributed by atoms with E-state index in [9.17, 15) is 0 Å². The Morgan fingerprint density at radius 2 is 2.22 bits per heavy atom. The number of rotatable bonds is 5. The van der Waals surface area contributed by atoms with Crippen LogP contribution in [0.15, 0.2) is 22.9 Å². The molecule has 0 aliphatic carbocycles. The lowest BCUT2D eigenvalue weighted by atomic mass is 10.2. The molecule has 0 bridgehead atoms. The van der Waals surface area contributed by atoms with E-state index in [0.29, 0.717) is 6.54 Å². The van der Waals surface area contributed by atoms with Crippen molar-refractivity contribution in [3.8, 4) is 0 Å². The van der Waals surface area contributed by atoms with Crippen molar-refractivity contribution in [1.82, 2.24) is 14.5 Å². The highest BCUT2D eigenvalue weighted by atomic mass is 16.3. The molecule has 2 rings (SSSR count). The number of hydrogen-bond donors (Lipinski definition) is 1. The monoisotopic (exact) mass is 248 g/mol. The second-order valence-corrected chi connectivity index (χ2v) is 4.62. The van der Waals surface area contributed by atoms with Crippen LogP contribution in [0.4, 0.5) is 0 Å². The van der Waals surface area contributed by atoms with Gasteiger partial charge in [0.05, 0.1) is 13.1 Å². The van der Waals surface area contributed by atoms with Gasteiger partial charge in [0.2, 0.25) is 0 Å². The Labute approximate surface area is 107 Å². The summed E-state index contributed by atoms with van der Waals surface area (Å²) in [5.41, 5.74) is 6.72. The smallest absolute Gasteiger partial charge is 0.122 e. The summed E-state index contributed by atoms with van der Waals surface area (Å²) in [5.74, 6) is 2.90. The zero-order chi connectivity index (χ0) is 13.1. The molecule has 0 aliphatic heterocycles. The lowest BCUT2D eigenvalue weighted by Gasteiger charge is -2.14. The van der Waals surface area contributed by atoms with Crippen LogP contribution in [-0.4, -0.2) is 21.5 Å². The minimum atomic E-state index is 0.526. The summed E-state index contributed by atoms with van der Waals surface area (Å²) in [5, 5.41) is 0. The van der Waals surface area contributed by atoms with Crippen LogP contribution >= 0.6 is 0 Å². The van der Waals surface area contributed by atoms with Gasteiger partial charge in [-0.25, -0.2) is 4.98 Å². The standard InChI is InChI=1S/C13H20N4O/c1-10-11(7-14)6-12(18-10)8-16(2)9-13-15-4-5-17(13)3/h4-6H,7-9,14H2,1-3H3. The summed E-state index contributed by atoms with van der Waals surface area (Å²) in [4.78, 5) is 6.47. The first kappa shape index (κ1) is 12.9. The summed E-state index contributed by atoms with van der Waals surface area (Å²) < 4.78 is 7.70. The van der Waals surface area contributed by atoms with Crippen LogP contribution in [0.5, 0.6) is 0 Å². The minimum Gasteiger partial charge on any atom is -0.465 e. The van der Waals surface area contributed by atoms with Crippen LogP contribution in [0.2, 0.25) is 0 Å². The molecule has 0 aliphatic rings. The van der Waals surface area contributed by atoms with Crippen LogP contribution in [-0.2, 0) is 26.7 Å². The second-order valence-electron chi connectivity index (χ2n) is 4.62. The molecule has 2 aromatic rings. The lowest BCUT2D eigenvalue weighted by Crippen LogP contribution is -2.19. The highest BCUT2D eigenvalue weighted by molar-refractivity contribution is 5.20. The van der Waals surface area contributed by atoms with E-state index in [-0.39, 0.29) is 0 Å². The molecule has 0 atom stereocenters. The summed E-state index contributed by atoms with van der Waals surface area (Å²) in [6.07, 6.45) is 3.76. The van der Waals surface area contributed by atoms with Gasteiger partial charge in [0, 0.05) is 31.5 Å². The maximum absolute atomic E-state index is 5.68. The van der Waals surface area contributed by atoms with E-state index in [1.165, 1.54) is 0 Å². The van der Waals surface area contributed by atoms with E-state index >= 15 is 0 Å². The Balaban J connectivity index is 1.98. The van der Waals surface area contributed by atoms with Crippen LogP contribution in [0.3, 0.4) is 0 Å².